The first kappa shape index (κ1) is 27.5. The number of nitrogens with zero attached hydrogens (tertiary/aromatic N) is 3. The monoisotopic (exact) mass is 469 g/mol. The molecule has 34 heavy (non-hydrogen) atoms. The van der Waals surface area contributed by atoms with Crippen LogP contribution in [0.3, 0.4) is 0 Å². The fourth-order valence-electron chi connectivity index (χ4n) is 3.47. The van der Waals surface area contributed by atoms with Crippen molar-refractivity contribution in [3.8, 4) is 23.5 Å². The first-order valence-corrected chi connectivity index (χ1v) is 10.9. The maximum absolute atomic E-state index is 11.0. The van der Waals surface area contributed by atoms with Crippen LogP contribution >= 0.6 is 0 Å². The van der Waals surface area contributed by atoms with Crippen LogP contribution in [-0.4, -0.2) is 42.2 Å². The third kappa shape index (κ3) is 8.21. The van der Waals surface area contributed by atoms with Crippen molar-refractivity contribution in [3.63, 3.8) is 0 Å². The van der Waals surface area contributed by atoms with Crippen molar-refractivity contribution < 1.29 is 48.9 Å². The van der Waals surface area contributed by atoms with Gasteiger partial charge in [0.1, 0.15) is 19.0 Å². The summed E-state index contributed by atoms with van der Waals surface area (Å²) in [7, 11) is 0. The number of aryl methyl sites for hydroxylation is 1. The number of aromatic nitrogens is 2. The predicted octanol–water partition coefficient (Wildman–Crippen LogP) is -0.184. The third-order valence-electron chi connectivity index (χ3n) is 5.15. The number of hydrogen-bond acceptors (Lipinski definition) is 7. The molecule has 1 aromatic heterocycles. The summed E-state index contributed by atoms with van der Waals surface area (Å²) in [5.41, 5.74) is 2.90. The molecule has 1 aliphatic heterocycles. The van der Waals surface area contributed by atoms with Gasteiger partial charge < -0.3 is 24.3 Å². The number of ether oxygens (including phenoxy) is 2. The van der Waals surface area contributed by atoms with E-state index in [-0.39, 0.29) is 41.9 Å². The number of carbonyl (C=O) groups excluding carboxylic acids is 1. The van der Waals surface area contributed by atoms with Gasteiger partial charge >= 0.3 is 29.6 Å². The minimum Gasteiger partial charge on any atom is -0.550 e. The van der Waals surface area contributed by atoms with E-state index < -0.39 is 5.97 Å². The fraction of sp³-hybridized carbons (Fsp3) is 0.346. The number of benzene rings is 1. The van der Waals surface area contributed by atoms with Crippen LogP contribution in [0.2, 0.25) is 0 Å². The van der Waals surface area contributed by atoms with Gasteiger partial charge in [0.2, 0.25) is 11.8 Å². The van der Waals surface area contributed by atoms with E-state index in [0.717, 1.165) is 30.0 Å². The molecule has 0 bridgehead atoms. The first-order chi connectivity index (χ1) is 16.0. The van der Waals surface area contributed by atoms with Gasteiger partial charge in [0.05, 0.1) is 5.92 Å². The predicted molar refractivity (Wildman–Crippen MR) is 125 cm³/mol. The SMILES string of the molecule is C=CCOc1cc(C)nc(N2CC=C(COc3ccc(C(C#CC)CC(=O)[O-])cc3)CC2)n1.[Na+]. The van der Waals surface area contributed by atoms with Gasteiger partial charge in [0.25, 0.3) is 0 Å². The van der Waals surface area contributed by atoms with Crippen LogP contribution in [0.5, 0.6) is 11.6 Å². The van der Waals surface area contributed by atoms with E-state index in [1.165, 1.54) is 5.57 Å². The van der Waals surface area contributed by atoms with Crippen molar-refractivity contribution in [2.24, 2.45) is 0 Å². The van der Waals surface area contributed by atoms with Gasteiger partial charge in [0.15, 0.2) is 0 Å². The Hall–Kier alpha value is -2.79. The van der Waals surface area contributed by atoms with E-state index in [0.29, 0.717) is 31.6 Å². The number of carboxylic acid groups (broad SMARTS) is 1. The molecule has 1 aliphatic rings. The Balaban J connectivity index is 0.00000408. The van der Waals surface area contributed by atoms with Crippen molar-refractivity contribution in [1.29, 1.82) is 0 Å². The summed E-state index contributed by atoms with van der Waals surface area (Å²) in [5.74, 6) is 6.13. The summed E-state index contributed by atoms with van der Waals surface area (Å²) >= 11 is 0. The zero-order valence-electron chi connectivity index (χ0n) is 20.0. The number of anilines is 1. The smallest absolute Gasteiger partial charge is 0.550 e. The molecular weight excluding hydrogens is 441 g/mol. The summed E-state index contributed by atoms with van der Waals surface area (Å²) in [6.07, 6.45) is 4.54. The van der Waals surface area contributed by atoms with E-state index in [1.807, 2.05) is 37.3 Å². The van der Waals surface area contributed by atoms with Gasteiger partial charge in [-0.2, -0.15) is 4.98 Å². The van der Waals surface area contributed by atoms with E-state index in [1.54, 1.807) is 13.0 Å². The van der Waals surface area contributed by atoms with E-state index in [2.05, 4.69) is 39.4 Å². The summed E-state index contributed by atoms with van der Waals surface area (Å²) in [6.45, 7) is 9.66. The molecule has 0 fully saturated rings. The largest absolute Gasteiger partial charge is 1.00 e. The van der Waals surface area contributed by atoms with Crippen LogP contribution in [0.25, 0.3) is 0 Å². The van der Waals surface area contributed by atoms with E-state index in [9.17, 15) is 9.90 Å². The average molecular weight is 470 g/mol. The molecule has 172 valence electrons. The first-order valence-electron chi connectivity index (χ1n) is 10.9. The van der Waals surface area contributed by atoms with E-state index in [4.69, 9.17) is 9.47 Å². The standard InChI is InChI=1S/C26H29N3O4.Na/c1-4-6-22(17-25(30)31)21-7-9-23(10-8-21)33-18-20-11-13-29(14-12-20)26-27-19(3)16-24(28-26)32-15-5-2;/h5,7-11,16,22H,2,12-15,17-18H2,1,3H3,(H,30,31);/q;+1/p-1. The van der Waals surface area contributed by atoms with Gasteiger partial charge in [-0.1, -0.05) is 36.8 Å². The van der Waals surface area contributed by atoms with Gasteiger partial charge in [-0.3, -0.25) is 0 Å². The molecular formula is C26H28N3NaO4. The summed E-state index contributed by atoms with van der Waals surface area (Å²) in [4.78, 5) is 22.1. The van der Waals surface area contributed by atoms with Gasteiger partial charge in [-0.15, -0.1) is 5.92 Å². The van der Waals surface area contributed by atoms with Gasteiger partial charge in [-0.25, -0.2) is 4.98 Å². The van der Waals surface area contributed by atoms with Crippen LogP contribution in [0.15, 0.2) is 54.6 Å². The number of carbonyl (C=O) groups is 1. The molecule has 3 rings (SSSR count). The molecule has 0 amide bonds. The van der Waals surface area contributed by atoms with Crippen LogP contribution in [0.1, 0.15) is 36.9 Å². The Morgan fingerprint density at radius 3 is 2.68 bits per heavy atom. The minimum atomic E-state index is -1.11. The quantitative estimate of drug-likeness (QED) is 0.271. The Kier molecular flexibility index (Phi) is 11.1. The van der Waals surface area contributed by atoms with E-state index >= 15 is 0 Å². The van der Waals surface area contributed by atoms with Crippen molar-refractivity contribution in [1.82, 2.24) is 9.97 Å². The molecule has 0 radical (unpaired) electrons. The Labute approximate surface area is 223 Å². The number of hydrogen-bond donors (Lipinski definition) is 0. The topological polar surface area (TPSA) is 87.6 Å². The van der Waals surface area contributed by atoms with Crippen molar-refractivity contribution in [3.05, 3.63) is 65.9 Å². The maximum Gasteiger partial charge on any atom is 1.00 e. The molecule has 1 unspecified atom stereocenters. The summed E-state index contributed by atoms with van der Waals surface area (Å²) in [6, 6.07) is 9.20. The molecule has 0 saturated carbocycles. The number of carboxylic acids is 1. The Morgan fingerprint density at radius 1 is 1.29 bits per heavy atom. The van der Waals surface area contributed by atoms with Crippen LogP contribution in [0, 0.1) is 18.8 Å². The second-order valence-corrected chi connectivity index (χ2v) is 7.69. The molecule has 0 N–H and O–H groups in total. The molecule has 7 nitrogen and oxygen atoms in total. The molecule has 8 heteroatoms. The molecule has 2 heterocycles. The van der Waals surface area contributed by atoms with Crippen LogP contribution in [-0.2, 0) is 4.79 Å². The minimum absolute atomic E-state index is 0. The van der Waals surface area contributed by atoms with Gasteiger partial charge in [-0.05, 0) is 43.5 Å². The zero-order valence-corrected chi connectivity index (χ0v) is 22.0. The third-order valence-corrected chi connectivity index (χ3v) is 5.15. The molecule has 2 aromatic rings. The van der Waals surface area contributed by atoms with Crippen LogP contribution < -0.4 is 49.0 Å². The normalized spacial score (nSPS) is 13.5. The zero-order chi connectivity index (χ0) is 23.6. The number of aliphatic carboxylic acids is 1. The molecule has 0 spiro atoms. The summed E-state index contributed by atoms with van der Waals surface area (Å²) < 4.78 is 11.5. The average Bonchev–Trinajstić information content (AvgIpc) is 2.81. The second-order valence-electron chi connectivity index (χ2n) is 7.69. The second kappa shape index (κ2) is 13.8. The van der Waals surface area contributed by atoms with Gasteiger partial charge in [0, 0.05) is 37.2 Å². The Morgan fingerprint density at radius 2 is 2.06 bits per heavy atom. The maximum atomic E-state index is 11.0. The molecule has 1 atom stereocenters. The Bertz CT molecular complexity index is 1070. The van der Waals surface area contributed by atoms with Crippen molar-refractivity contribution in [2.75, 3.05) is 31.2 Å². The van der Waals surface area contributed by atoms with Crippen molar-refractivity contribution in [2.45, 2.75) is 32.6 Å². The molecule has 0 saturated heterocycles. The number of rotatable bonds is 10. The fourth-order valence-corrected chi connectivity index (χ4v) is 3.47. The van der Waals surface area contributed by atoms with Crippen molar-refractivity contribution >= 4 is 11.9 Å². The van der Waals surface area contributed by atoms with Crippen LogP contribution in [0.4, 0.5) is 5.95 Å². The molecule has 1 aromatic carbocycles. The summed E-state index contributed by atoms with van der Waals surface area (Å²) in [5, 5.41) is 11.0. The molecule has 0 aliphatic carbocycles.